The van der Waals surface area contributed by atoms with Crippen LogP contribution in [0.3, 0.4) is 0 Å². The van der Waals surface area contributed by atoms with Crippen molar-refractivity contribution in [3.8, 4) is 0 Å². The highest BCUT2D eigenvalue weighted by Gasteiger charge is 2.66. The molecule has 3 rings (SSSR count). The third kappa shape index (κ3) is 3.52. The predicted molar refractivity (Wildman–Crippen MR) is 92.7 cm³/mol. The fourth-order valence-corrected chi connectivity index (χ4v) is 3.87. The lowest BCUT2D eigenvalue weighted by Crippen LogP contribution is -2.39. The summed E-state index contributed by atoms with van der Waals surface area (Å²) in [6.07, 6.45) is 3.87. The minimum Gasteiger partial charge on any atom is -0.459 e. The molecule has 0 N–H and O–H groups in total. The molecular formula is C20H28O5. The molecular weight excluding hydrogens is 320 g/mol. The topological polar surface area (TPSA) is 65.1 Å². The van der Waals surface area contributed by atoms with Crippen molar-refractivity contribution in [2.45, 2.75) is 77.3 Å². The Morgan fingerprint density at radius 1 is 1.48 bits per heavy atom. The van der Waals surface area contributed by atoms with Crippen LogP contribution in [0.1, 0.15) is 53.4 Å². The van der Waals surface area contributed by atoms with E-state index in [0.717, 1.165) is 12.8 Å². The predicted octanol–water partition coefficient (Wildman–Crippen LogP) is 3.33. The van der Waals surface area contributed by atoms with Crippen LogP contribution >= 0.6 is 0 Å². The standard InChI is InChI=1S/C20H28O5/c1-11(2)10-16(21)23-15-9-7-12(3)6-8-14-13(4)19(22)24-17(14)18-20(15,5)25-18/h7,11,14-15,17-18H,4,6,8-10H2,1-3,5H3. The molecule has 2 aliphatic heterocycles. The molecule has 2 fully saturated rings. The van der Waals surface area contributed by atoms with Crippen molar-refractivity contribution in [2.75, 3.05) is 0 Å². The van der Waals surface area contributed by atoms with Gasteiger partial charge in [-0.1, -0.05) is 32.1 Å². The average Bonchev–Trinajstić information content (AvgIpc) is 3.12. The Balaban J connectivity index is 1.82. The zero-order valence-electron chi connectivity index (χ0n) is 15.5. The first kappa shape index (κ1) is 18.2. The Kier molecular flexibility index (Phi) is 4.80. The van der Waals surface area contributed by atoms with E-state index in [1.165, 1.54) is 5.57 Å². The Bertz CT molecular complexity index is 620. The van der Waals surface area contributed by atoms with E-state index in [0.29, 0.717) is 18.4 Å². The third-order valence-corrected chi connectivity index (χ3v) is 5.55. The molecule has 5 nitrogen and oxygen atoms in total. The quantitative estimate of drug-likeness (QED) is 0.339. The van der Waals surface area contributed by atoms with E-state index in [9.17, 15) is 9.59 Å². The summed E-state index contributed by atoms with van der Waals surface area (Å²) < 4.78 is 17.3. The molecule has 2 heterocycles. The van der Waals surface area contributed by atoms with E-state index in [-0.39, 0.29) is 42.1 Å². The van der Waals surface area contributed by atoms with Crippen LogP contribution in [-0.4, -0.2) is 35.9 Å². The lowest BCUT2D eigenvalue weighted by molar-refractivity contribution is -0.153. The van der Waals surface area contributed by atoms with Crippen LogP contribution in [0, 0.1) is 11.8 Å². The molecule has 138 valence electrons. The summed E-state index contributed by atoms with van der Waals surface area (Å²) in [5, 5.41) is 0. The maximum absolute atomic E-state index is 12.2. The van der Waals surface area contributed by atoms with E-state index in [4.69, 9.17) is 14.2 Å². The zero-order chi connectivity index (χ0) is 18.4. The van der Waals surface area contributed by atoms with Gasteiger partial charge in [-0.2, -0.15) is 0 Å². The van der Waals surface area contributed by atoms with E-state index in [1.807, 2.05) is 20.8 Å². The third-order valence-electron chi connectivity index (χ3n) is 5.55. The van der Waals surface area contributed by atoms with Crippen molar-refractivity contribution in [3.63, 3.8) is 0 Å². The Hall–Kier alpha value is -1.62. The minimum atomic E-state index is -0.616. The number of ether oxygens (including phenoxy) is 3. The SMILES string of the molecule is C=C1C(=O)OC2C1CCC(C)=CCC(OC(=O)CC(C)C)C1(C)OC21. The summed E-state index contributed by atoms with van der Waals surface area (Å²) >= 11 is 0. The maximum atomic E-state index is 12.2. The summed E-state index contributed by atoms with van der Waals surface area (Å²) in [5.41, 5.74) is 1.14. The van der Waals surface area contributed by atoms with Crippen LogP contribution in [0.5, 0.6) is 0 Å². The van der Waals surface area contributed by atoms with Gasteiger partial charge >= 0.3 is 11.9 Å². The number of epoxide rings is 1. The molecule has 0 amide bonds. The van der Waals surface area contributed by atoms with Gasteiger partial charge in [0.25, 0.3) is 0 Å². The molecule has 2 saturated heterocycles. The number of carbonyl (C=O) groups is 2. The number of hydrogen-bond donors (Lipinski definition) is 0. The van der Waals surface area contributed by atoms with E-state index in [1.54, 1.807) is 0 Å². The second-order valence-electron chi connectivity index (χ2n) is 8.13. The molecule has 0 spiro atoms. The number of carbonyl (C=O) groups excluding carboxylic acids is 2. The number of fused-ring (bicyclic) bond motifs is 3. The second-order valence-corrected chi connectivity index (χ2v) is 8.13. The first-order chi connectivity index (χ1) is 11.7. The van der Waals surface area contributed by atoms with Crippen LogP contribution in [0.15, 0.2) is 23.8 Å². The highest BCUT2D eigenvalue weighted by atomic mass is 16.7. The highest BCUT2D eigenvalue weighted by Crippen LogP contribution is 2.50. The molecule has 25 heavy (non-hydrogen) atoms. The molecule has 5 heteroatoms. The van der Waals surface area contributed by atoms with E-state index < -0.39 is 5.60 Å². The Labute approximate surface area is 149 Å². The molecule has 5 unspecified atom stereocenters. The number of allylic oxidation sites excluding steroid dienone is 1. The van der Waals surface area contributed by atoms with Crippen molar-refractivity contribution < 1.29 is 23.8 Å². The number of hydrogen-bond acceptors (Lipinski definition) is 5. The molecule has 0 aromatic rings. The lowest BCUT2D eigenvalue weighted by atomic mass is 9.83. The first-order valence-electron chi connectivity index (χ1n) is 9.15. The van der Waals surface area contributed by atoms with Crippen LogP contribution in [0.2, 0.25) is 0 Å². The van der Waals surface area contributed by atoms with Gasteiger partial charge in [-0.3, -0.25) is 4.79 Å². The normalized spacial score (nSPS) is 37.7. The van der Waals surface area contributed by atoms with Gasteiger partial charge in [-0.25, -0.2) is 4.79 Å². The minimum absolute atomic E-state index is 0.0345. The maximum Gasteiger partial charge on any atom is 0.334 e. The molecule has 1 aliphatic carbocycles. The summed E-state index contributed by atoms with van der Waals surface area (Å²) in [6.45, 7) is 11.9. The second kappa shape index (κ2) is 6.60. The highest BCUT2D eigenvalue weighted by molar-refractivity contribution is 5.91. The zero-order valence-corrected chi connectivity index (χ0v) is 15.5. The molecule has 0 aromatic carbocycles. The largest absolute Gasteiger partial charge is 0.459 e. The smallest absolute Gasteiger partial charge is 0.334 e. The molecule has 0 aromatic heterocycles. The van der Waals surface area contributed by atoms with Crippen LogP contribution in [-0.2, 0) is 23.8 Å². The van der Waals surface area contributed by atoms with Gasteiger partial charge in [-0.05, 0) is 32.6 Å². The monoisotopic (exact) mass is 348 g/mol. The fourth-order valence-electron chi connectivity index (χ4n) is 3.87. The summed E-state index contributed by atoms with van der Waals surface area (Å²) in [6, 6.07) is 0. The van der Waals surface area contributed by atoms with Crippen molar-refractivity contribution in [1.82, 2.24) is 0 Å². The summed E-state index contributed by atoms with van der Waals surface area (Å²) in [4.78, 5) is 24.2. The van der Waals surface area contributed by atoms with Gasteiger partial charge in [0.05, 0.1) is 0 Å². The van der Waals surface area contributed by atoms with Crippen molar-refractivity contribution >= 4 is 11.9 Å². The molecule has 0 bridgehead atoms. The van der Waals surface area contributed by atoms with Gasteiger partial charge in [0.2, 0.25) is 0 Å². The van der Waals surface area contributed by atoms with Gasteiger partial charge < -0.3 is 14.2 Å². The summed E-state index contributed by atoms with van der Waals surface area (Å²) in [5.74, 6) is -0.325. The fraction of sp³-hybridized carbons (Fsp3) is 0.700. The van der Waals surface area contributed by atoms with Crippen molar-refractivity contribution in [3.05, 3.63) is 23.8 Å². The van der Waals surface area contributed by atoms with Gasteiger partial charge in [0, 0.05) is 24.3 Å². The Morgan fingerprint density at radius 3 is 2.88 bits per heavy atom. The van der Waals surface area contributed by atoms with Gasteiger partial charge in [-0.15, -0.1) is 0 Å². The molecule has 0 saturated carbocycles. The van der Waals surface area contributed by atoms with Gasteiger partial charge in [0.1, 0.15) is 23.9 Å². The average molecular weight is 348 g/mol. The molecule has 0 radical (unpaired) electrons. The Morgan fingerprint density at radius 2 is 2.20 bits per heavy atom. The summed E-state index contributed by atoms with van der Waals surface area (Å²) in [7, 11) is 0. The molecule has 5 atom stereocenters. The molecule has 3 aliphatic rings. The van der Waals surface area contributed by atoms with E-state index in [2.05, 4.69) is 19.6 Å². The van der Waals surface area contributed by atoms with Crippen molar-refractivity contribution in [2.24, 2.45) is 11.8 Å². The van der Waals surface area contributed by atoms with Gasteiger partial charge in [0.15, 0.2) is 0 Å². The van der Waals surface area contributed by atoms with E-state index >= 15 is 0 Å². The van der Waals surface area contributed by atoms with Crippen LogP contribution in [0.4, 0.5) is 0 Å². The first-order valence-corrected chi connectivity index (χ1v) is 9.15. The number of esters is 2. The lowest BCUT2D eigenvalue weighted by Gasteiger charge is -2.25. The number of rotatable bonds is 3. The van der Waals surface area contributed by atoms with Crippen LogP contribution < -0.4 is 0 Å². The van der Waals surface area contributed by atoms with Crippen LogP contribution in [0.25, 0.3) is 0 Å². The van der Waals surface area contributed by atoms with Crippen molar-refractivity contribution in [1.29, 1.82) is 0 Å².